The summed E-state index contributed by atoms with van der Waals surface area (Å²) in [6, 6.07) is 12.2. The first-order valence-corrected chi connectivity index (χ1v) is 7.86. The van der Waals surface area contributed by atoms with Crippen LogP contribution in [0.2, 0.25) is 0 Å². The SMILES string of the molecule is CCC(C(=O)Nc1cc(OC)c(OC)cc1C(=O)O)c1ccccc1. The van der Waals surface area contributed by atoms with Gasteiger partial charge in [-0.25, -0.2) is 4.79 Å². The number of benzene rings is 2. The van der Waals surface area contributed by atoms with Crippen LogP contribution in [0.1, 0.15) is 35.2 Å². The first kappa shape index (κ1) is 18.3. The normalized spacial score (nSPS) is 11.5. The lowest BCUT2D eigenvalue weighted by atomic mass is 9.95. The third-order valence-corrected chi connectivity index (χ3v) is 3.94. The minimum atomic E-state index is -1.16. The van der Waals surface area contributed by atoms with Gasteiger partial charge in [0.2, 0.25) is 5.91 Å². The first-order chi connectivity index (χ1) is 12.0. The van der Waals surface area contributed by atoms with E-state index in [1.54, 1.807) is 0 Å². The molecule has 0 bridgehead atoms. The van der Waals surface area contributed by atoms with E-state index < -0.39 is 5.97 Å². The molecule has 0 saturated carbocycles. The molecule has 6 nitrogen and oxygen atoms in total. The number of methoxy groups -OCH3 is 2. The zero-order valence-corrected chi connectivity index (χ0v) is 14.4. The molecule has 0 spiro atoms. The van der Waals surface area contributed by atoms with Crippen molar-refractivity contribution in [3.05, 3.63) is 53.6 Å². The van der Waals surface area contributed by atoms with Crippen molar-refractivity contribution in [3.63, 3.8) is 0 Å². The lowest BCUT2D eigenvalue weighted by Gasteiger charge is -2.18. The van der Waals surface area contributed by atoms with Crippen molar-refractivity contribution < 1.29 is 24.2 Å². The molecule has 0 heterocycles. The zero-order valence-electron chi connectivity index (χ0n) is 14.4. The molecule has 25 heavy (non-hydrogen) atoms. The molecular formula is C19H21NO5. The molecule has 0 aliphatic rings. The molecule has 0 aliphatic heterocycles. The molecule has 132 valence electrons. The number of carboxylic acid groups (broad SMARTS) is 1. The van der Waals surface area contributed by atoms with E-state index in [1.807, 2.05) is 37.3 Å². The maximum Gasteiger partial charge on any atom is 0.337 e. The maximum atomic E-state index is 12.7. The van der Waals surface area contributed by atoms with Crippen molar-refractivity contribution in [3.8, 4) is 11.5 Å². The standard InChI is InChI=1S/C19H21NO5/c1-4-13(12-8-6-5-7-9-12)18(21)20-15-11-17(25-3)16(24-2)10-14(15)19(22)23/h5-11,13H,4H2,1-3H3,(H,20,21)(H,22,23). The quantitative estimate of drug-likeness (QED) is 0.803. The minimum absolute atomic E-state index is 0.0612. The van der Waals surface area contributed by atoms with Crippen LogP contribution < -0.4 is 14.8 Å². The molecule has 1 atom stereocenters. The van der Waals surface area contributed by atoms with Crippen molar-refractivity contribution >= 4 is 17.6 Å². The van der Waals surface area contributed by atoms with Crippen molar-refractivity contribution in [2.24, 2.45) is 0 Å². The smallest absolute Gasteiger partial charge is 0.337 e. The van der Waals surface area contributed by atoms with E-state index in [0.717, 1.165) is 5.56 Å². The van der Waals surface area contributed by atoms with E-state index in [4.69, 9.17) is 9.47 Å². The summed E-state index contributed by atoms with van der Waals surface area (Å²) >= 11 is 0. The molecule has 0 aliphatic carbocycles. The highest BCUT2D eigenvalue weighted by molar-refractivity contribution is 6.03. The van der Waals surface area contributed by atoms with Crippen LogP contribution in [-0.2, 0) is 4.79 Å². The summed E-state index contributed by atoms with van der Waals surface area (Å²) in [5.41, 5.74) is 0.985. The van der Waals surface area contributed by atoms with Gasteiger partial charge in [0.25, 0.3) is 0 Å². The largest absolute Gasteiger partial charge is 0.493 e. The van der Waals surface area contributed by atoms with Crippen LogP contribution in [0, 0.1) is 0 Å². The highest BCUT2D eigenvalue weighted by atomic mass is 16.5. The summed E-state index contributed by atoms with van der Waals surface area (Å²) in [5, 5.41) is 12.1. The van der Waals surface area contributed by atoms with Gasteiger partial charge in [-0.15, -0.1) is 0 Å². The molecule has 2 rings (SSSR count). The Morgan fingerprint density at radius 2 is 1.68 bits per heavy atom. The Kier molecular flexibility index (Phi) is 6.00. The summed E-state index contributed by atoms with van der Waals surface area (Å²) in [7, 11) is 2.87. The van der Waals surface area contributed by atoms with Gasteiger partial charge in [0.05, 0.1) is 31.4 Å². The number of hydrogen-bond acceptors (Lipinski definition) is 4. The van der Waals surface area contributed by atoms with Gasteiger partial charge in [-0.2, -0.15) is 0 Å². The summed E-state index contributed by atoms with van der Waals surface area (Å²) in [6.07, 6.45) is 0.589. The fraction of sp³-hybridized carbons (Fsp3) is 0.263. The van der Waals surface area contributed by atoms with Gasteiger partial charge in [0.1, 0.15) is 0 Å². The molecule has 0 saturated heterocycles. The van der Waals surface area contributed by atoms with Gasteiger partial charge < -0.3 is 19.9 Å². The number of carbonyl (C=O) groups is 2. The minimum Gasteiger partial charge on any atom is -0.493 e. The number of rotatable bonds is 7. The lowest BCUT2D eigenvalue weighted by molar-refractivity contribution is -0.117. The van der Waals surface area contributed by atoms with Gasteiger partial charge in [0, 0.05) is 12.1 Å². The number of hydrogen-bond donors (Lipinski definition) is 2. The second-order valence-electron chi connectivity index (χ2n) is 5.42. The Balaban J connectivity index is 2.37. The monoisotopic (exact) mass is 343 g/mol. The van der Waals surface area contributed by atoms with E-state index in [0.29, 0.717) is 12.2 Å². The number of nitrogens with one attached hydrogen (secondary N) is 1. The Morgan fingerprint density at radius 1 is 1.08 bits per heavy atom. The van der Waals surface area contributed by atoms with Gasteiger partial charge in [-0.3, -0.25) is 4.79 Å². The summed E-state index contributed by atoms with van der Waals surface area (Å²) in [6.45, 7) is 1.91. The van der Waals surface area contributed by atoms with E-state index >= 15 is 0 Å². The molecule has 2 N–H and O–H groups in total. The van der Waals surface area contributed by atoms with Gasteiger partial charge in [0.15, 0.2) is 11.5 Å². The summed E-state index contributed by atoms with van der Waals surface area (Å²) < 4.78 is 10.3. The number of amides is 1. The predicted octanol–water partition coefficient (Wildman–Crippen LogP) is 3.53. The van der Waals surface area contributed by atoms with Crippen LogP contribution in [0.15, 0.2) is 42.5 Å². The predicted molar refractivity (Wildman–Crippen MR) is 94.6 cm³/mol. The van der Waals surface area contributed by atoms with Gasteiger partial charge in [-0.05, 0) is 12.0 Å². The van der Waals surface area contributed by atoms with Gasteiger partial charge >= 0.3 is 5.97 Å². The number of aromatic carboxylic acids is 1. The van der Waals surface area contributed by atoms with E-state index in [1.165, 1.54) is 26.4 Å². The molecule has 2 aromatic rings. The van der Waals surface area contributed by atoms with E-state index in [9.17, 15) is 14.7 Å². The second kappa shape index (κ2) is 8.19. The zero-order chi connectivity index (χ0) is 18.4. The Morgan fingerprint density at radius 3 is 2.20 bits per heavy atom. The fourth-order valence-electron chi connectivity index (χ4n) is 2.64. The van der Waals surface area contributed by atoms with Crippen LogP contribution >= 0.6 is 0 Å². The lowest BCUT2D eigenvalue weighted by Crippen LogP contribution is -2.22. The van der Waals surface area contributed by atoms with Gasteiger partial charge in [-0.1, -0.05) is 37.3 Å². The third-order valence-electron chi connectivity index (χ3n) is 3.94. The van der Waals surface area contributed by atoms with Crippen LogP contribution in [0.25, 0.3) is 0 Å². The molecule has 0 aromatic heterocycles. The highest BCUT2D eigenvalue weighted by Gasteiger charge is 2.22. The van der Waals surface area contributed by atoms with Crippen LogP contribution in [-0.4, -0.2) is 31.2 Å². The van der Waals surface area contributed by atoms with Crippen molar-refractivity contribution in [1.29, 1.82) is 0 Å². The average Bonchev–Trinajstić information content (AvgIpc) is 2.62. The number of anilines is 1. The summed E-state index contributed by atoms with van der Waals surface area (Å²) in [4.78, 5) is 24.2. The van der Waals surface area contributed by atoms with Crippen LogP contribution in [0.5, 0.6) is 11.5 Å². The number of carboxylic acids is 1. The number of ether oxygens (including phenoxy) is 2. The molecule has 1 unspecified atom stereocenters. The molecular weight excluding hydrogens is 322 g/mol. The van der Waals surface area contributed by atoms with E-state index in [2.05, 4.69) is 5.32 Å². The molecule has 2 aromatic carbocycles. The maximum absolute atomic E-state index is 12.7. The molecule has 0 fully saturated rings. The topological polar surface area (TPSA) is 84.9 Å². The van der Waals surface area contributed by atoms with Crippen LogP contribution in [0.4, 0.5) is 5.69 Å². The molecule has 0 radical (unpaired) electrons. The van der Waals surface area contributed by atoms with Crippen molar-refractivity contribution in [2.75, 3.05) is 19.5 Å². The third kappa shape index (κ3) is 4.09. The Hall–Kier alpha value is -3.02. The molecule has 6 heteroatoms. The Bertz CT molecular complexity index is 758. The number of carbonyl (C=O) groups excluding carboxylic acids is 1. The second-order valence-corrected chi connectivity index (χ2v) is 5.42. The summed E-state index contributed by atoms with van der Waals surface area (Å²) in [5.74, 6) is -1.19. The van der Waals surface area contributed by atoms with Crippen molar-refractivity contribution in [1.82, 2.24) is 0 Å². The van der Waals surface area contributed by atoms with E-state index in [-0.39, 0.29) is 28.8 Å². The fourth-order valence-corrected chi connectivity index (χ4v) is 2.64. The Labute approximate surface area is 146 Å². The highest BCUT2D eigenvalue weighted by Crippen LogP contribution is 2.34. The first-order valence-electron chi connectivity index (χ1n) is 7.86. The average molecular weight is 343 g/mol. The van der Waals surface area contributed by atoms with Crippen LogP contribution in [0.3, 0.4) is 0 Å². The molecule has 1 amide bonds. The van der Waals surface area contributed by atoms with Crippen molar-refractivity contribution in [2.45, 2.75) is 19.3 Å².